The van der Waals surface area contributed by atoms with Gasteiger partial charge in [0.1, 0.15) is 5.75 Å². The maximum Gasteiger partial charge on any atom is 0.260 e. The molecule has 0 radical (unpaired) electrons. The zero-order valence-electron chi connectivity index (χ0n) is 15.4. The maximum absolute atomic E-state index is 13.3. The number of methoxy groups -OCH3 is 1. The highest BCUT2D eigenvalue weighted by Gasteiger charge is 2.29. The Morgan fingerprint density at radius 3 is 2.65 bits per heavy atom. The van der Waals surface area contributed by atoms with E-state index in [4.69, 9.17) is 4.74 Å². The fraction of sp³-hybridized carbons (Fsp3) is 0.300. The molecule has 0 unspecified atom stereocenters. The number of rotatable bonds is 2. The lowest BCUT2D eigenvalue weighted by molar-refractivity contribution is 0.0990. The van der Waals surface area contributed by atoms with Crippen molar-refractivity contribution in [3.8, 4) is 5.75 Å². The van der Waals surface area contributed by atoms with E-state index in [9.17, 15) is 9.59 Å². The standard InChI is InChI=1S/C20H21N3O3/c1-12-10-22(3)20(25)17-15(11-21(2)18(12)17)19(24)23-8-7-13-5-6-14(26-4)9-16(13)23/h5-6,9-11H,7-8H2,1-4H3. The molecule has 1 aliphatic rings. The Balaban J connectivity index is 1.89. The molecule has 0 saturated heterocycles. The highest BCUT2D eigenvalue weighted by molar-refractivity contribution is 6.15. The van der Waals surface area contributed by atoms with Gasteiger partial charge in [-0.1, -0.05) is 6.07 Å². The topological polar surface area (TPSA) is 56.5 Å². The third-order valence-electron chi connectivity index (χ3n) is 5.14. The lowest BCUT2D eigenvalue weighted by Gasteiger charge is -2.17. The van der Waals surface area contributed by atoms with E-state index in [1.54, 1.807) is 31.5 Å². The normalized spacial score (nSPS) is 13.3. The van der Waals surface area contributed by atoms with Crippen LogP contribution in [0.4, 0.5) is 5.69 Å². The lowest BCUT2D eigenvalue weighted by atomic mass is 10.1. The van der Waals surface area contributed by atoms with Gasteiger partial charge in [-0.3, -0.25) is 9.59 Å². The van der Waals surface area contributed by atoms with Crippen molar-refractivity contribution < 1.29 is 9.53 Å². The minimum Gasteiger partial charge on any atom is -0.497 e. The number of anilines is 1. The molecule has 0 N–H and O–H groups in total. The summed E-state index contributed by atoms with van der Waals surface area (Å²) in [6.45, 7) is 2.55. The average molecular weight is 351 g/mol. The summed E-state index contributed by atoms with van der Waals surface area (Å²) in [5.41, 5.74) is 4.04. The number of carbonyl (C=O) groups is 1. The van der Waals surface area contributed by atoms with Crippen molar-refractivity contribution >= 4 is 22.5 Å². The van der Waals surface area contributed by atoms with Gasteiger partial charge in [0.25, 0.3) is 11.5 Å². The van der Waals surface area contributed by atoms with Crippen LogP contribution in [0.25, 0.3) is 10.9 Å². The minimum atomic E-state index is -0.153. The third kappa shape index (κ3) is 2.25. The monoisotopic (exact) mass is 351 g/mol. The number of pyridine rings is 1. The van der Waals surface area contributed by atoms with Crippen molar-refractivity contribution in [3.63, 3.8) is 0 Å². The second-order valence-electron chi connectivity index (χ2n) is 6.81. The number of benzene rings is 1. The molecule has 0 aliphatic carbocycles. The molecule has 6 heteroatoms. The Hall–Kier alpha value is -3.02. The van der Waals surface area contributed by atoms with Crippen LogP contribution in [0.1, 0.15) is 21.5 Å². The summed E-state index contributed by atoms with van der Waals surface area (Å²) in [5.74, 6) is 0.568. The van der Waals surface area contributed by atoms with Crippen molar-refractivity contribution in [1.29, 1.82) is 0 Å². The number of hydrogen-bond donors (Lipinski definition) is 0. The number of fused-ring (bicyclic) bond motifs is 2. The van der Waals surface area contributed by atoms with E-state index in [0.717, 1.165) is 28.8 Å². The predicted octanol–water partition coefficient (Wildman–Crippen LogP) is 2.40. The molecule has 26 heavy (non-hydrogen) atoms. The van der Waals surface area contributed by atoms with Crippen LogP contribution >= 0.6 is 0 Å². The van der Waals surface area contributed by atoms with Crippen LogP contribution in [0.3, 0.4) is 0 Å². The van der Waals surface area contributed by atoms with E-state index in [1.165, 1.54) is 4.57 Å². The summed E-state index contributed by atoms with van der Waals surface area (Å²) in [5, 5.41) is 0.483. The van der Waals surface area contributed by atoms with Gasteiger partial charge in [-0.15, -0.1) is 0 Å². The molecule has 0 bridgehead atoms. The number of amides is 1. The quantitative estimate of drug-likeness (QED) is 0.712. The van der Waals surface area contributed by atoms with Crippen LogP contribution in [0.2, 0.25) is 0 Å². The summed E-state index contributed by atoms with van der Waals surface area (Å²) < 4.78 is 8.70. The number of hydrogen-bond acceptors (Lipinski definition) is 3. The fourth-order valence-electron chi connectivity index (χ4n) is 3.91. The van der Waals surface area contributed by atoms with Crippen molar-refractivity contribution in [3.05, 3.63) is 57.6 Å². The molecule has 2 aromatic heterocycles. The predicted molar refractivity (Wildman–Crippen MR) is 101 cm³/mol. The van der Waals surface area contributed by atoms with E-state index in [2.05, 4.69) is 0 Å². The molecule has 3 heterocycles. The van der Waals surface area contributed by atoms with Gasteiger partial charge in [-0.2, -0.15) is 0 Å². The van der Waals surface area contributed by atoms with Gasteiger partial charge >= 0.3 is 0 Å². The summed E-state index contributed by atoms with van der Waals surface area (Å²) in [7, 11) is 5.19. The number of aromatic nitrogens is 2. The molecule has 0 fully saturated rings. The third-order valence-corrected chi connectivity index (χ3v) is 5.14. The first-order chi connectivity index (χ1) is 12.4. The highest BCUT2D eigenvalue weighted by Crippen LogP contribution is 2.33. The summed E-state index contributed by atoms with van der Waals surface area (Å²) in [6, 6.07) is 5.78. The van der Waals surface area contributed by atoms with Crippen molar-refractivity contribution in [2.75, 3.05) is 18.6 Å². The summed E-state index contributed by atoms with van der Waals surface area (Å²) in [6.07, 6.45) is 4.36. The van der Waals surface area contributed by atoms with Crippen molar-refractivity contribution in [1.82, 2.24) is 9.13 Å². The fourth-order valence-corrected chi connectivity index (χ4v) is 3.91. The van der Waals surface area contributed by atoms with E-state index >= 15 is 0 Å². The molecular formula is C20H21N3O3. The average Bonchev–Trinajstić information content (AvgIpc) is 3.20. The molecule has 1 aliphatic heterocycles. The molecule has 3 aromatic rings. The molecule has 1 aromatic carbocycles. The first-order valence-corrected chi connectivity index (χ1v) is 8.56. The van der Waals surface area contributed by atoms with E-state index in [1.807, 2.05) is 36.7 Å². The van der Waals surface area contributed by atoms with E-state index in [-0.39, 0.29) is 11.5 Å². The van der Waals surface area contributed by atoms with Crippen LogP contribution in [0.15, 0.2) is 35.4 Å². The number of nitrogens with zero attached hydrogens (tertiary/aromatic N) is 3. The van der Waals surface area contributed by atoms with Gasteiger partial charge in [0, 0.05) is 39.1 Å². The second-order valence-corrected chi connectivity index (χ2v) is 6.81. The number of aryl methyl sites for hydroxylation is 3. The number of ether oxygens (including phenoxy) is 1. The molecule has 134 valence electrons. The Kier molecular flexibility index (Phi) is 3.64. The molecule has 4 rings (SSSR count). The van der Waals surface area contributed by atoms with Crippen LogP contribution < -0.4 is 15.2 Å². The first-order valence-electron chi connectivity index (χ1n) is 8.56. The maximum atomic E-state index is 13.3. The van der Waals surface area contributed by atoms with Gasteiger partial charge in [-0.05, 0) is 30.5 Å². The molecule has 1 amide bonds. The zero-order valence-corrected chi connectivity index (χ0v) is 15.4. The van der Waals surface area contributed by atoms with Gasteiger partial charge in [0.15, 0.2) is 0 Å². The van der Waals surface area contributed by atoms with Crippen LogP contribution in [0, 0.1) is 6.92 Å². The summed E-state index contributed by atoms with van der Waals surface area (Å²) >= 11 is 0. The molecule has 0 atom stereocenters. The van der Waals surface area contributed by atoms with E-state index < -0.39 is 0 Å². The Bertz CT molecular complexity index is 1110. The van der Waals surface area contributed by atoms with Crippen LogP contribution in [-0.4, -0.2) is 28.7 Å². The highest BCUT2D eigenvalue weighted by atomic mass is 16.5. The minimum absolute atomic E-state index is 0.148. The van der Waals surface area contributed by atoms with Gasteiger partial charge in [-0.25, -0.2) is 0 Å². The van der Waals surface area contributed by atoms with Gasteiger partial charge in [0.05, 0.1) is 29.3 Å². The van der Waals surface area contributed by atoms with Crippen LogP contribution in [0.5, 0.6) is 5.75 Å². The molecule has 6 nitrogen and oxygen atoms in total. The van der Waals surface area contributed by atoms with Gasteiger partial charge in [0.2, 0.25) is 0 Å². The smallest absolute Gasteiger partial charge is 0.260 e. The molecule has 0 spiro atoms. The zero-order chi connectivity index (χ0) is 18.6. The molecular weight excluding hydrogens is 330 g/mol. The largest absolute Gasteiger partial charge is 0.497 e. The Morgan fingerprint density at radius 2 is 1.92 bits per heavy atom. The van der Waals surface area contributed by atoms with E-state index in [0.29, 0.717) is 23.2 Å². The van der Waals surface area contributed by atoms with Gasteiger partial charge < -0.3 is 18.8 Å². The summed E-state index contributed by atoms with van der Waals surface area (Å²) in [4.78, 5) is 27.8. The first kappa shape index (κ1) is 16.4. The van der Waals surface area contributed by atoms with Crippen LogP contribution in [-0.2, 0) is 20.5 Å². The van der Waals surface area contributed by atoms with Crippen molar-refractivity contribution in [2.24, 2.45) is 14.1 Å². The Labute approximate surface area is 151 Å². The Morgan fingerprint density at radius 1 is 1.15 bits per heavy atom. The lowest BCUT2D eigenvalue weighted by Crippen LogP contribution is -2.30. The number of carbonyl (C=O) groups excluding carboxylic acids is 1. The SMILES string of the molecule is COc1ccc2c(c1)N(C(=O)c1cn(C)c3c(C)cn(C)c(=O)c13)CC2. The molecule has 0 saturated carbocycles. The van der Waals surface area contributed by atoms with Crippen molar-refractivity contribution in [2.45, 2.75) is 13.3 Å². The second kappa shape index (κ2) is 5.76.